The number of fused-ring (bicyclic) bond motifs is 8. The van der Waals surface area contributed by atoms with E-state index >= 15 is 0 Å². The standard InChI is InChI=1S/C48H29N3O/c1-2-13-31(14-3-1)40-29-41(35-23-22-30-12-4-5-15-32(30)26-35)50-48(49-40)38-24-25-43(46-37-19-9-11-21-45(37)52-47(38)46)51-42-20-10-8-18-36(42)39-27-33-16-6-7-17-34(33)28-44(39)51/h1-29H. The summed E-state index contributed by atoms with van der Waals surface area (Å²) in [5, 5.41) is 9.32. The first-order chi connectivity index (χ1) is 25.8. The molecule has 0 saturated heterocycles. The monoisotopic (exact) mass is 663 g/mol. The van der Waals surface area contributed by atoms with E-state index in [9.17, 15) is 0 Å². The smallest absolute Gasteiger partial charge is 0.164 e. The van der Waals surface area contributed by atoms with Crippen molar-refractivity contribution in [2.24, 2.45) is 0 Å². The molecule has 11 aromatic rings. The van der Waals surface area contributed by atoms with Gasteiger partial charge < -0.3 is 8.98 Å². The second-order valence-corrected chi connectivity index (χ2v) is 13.4. The van der Waals surface area contributed by atoms with Crippen molar-refractivity contribution >= 4 is 65.3 Å². The maximum absolute atomic E-state index is 6.83. The minimum Gasteiger partial charge on any atom is -0.455 e. The predicted molar refractivity (Wildman–Crippen MR) is 215 cm³/mol. The number of para-hydroxylation sites is 2. The van der Waals surface area contributed by atoms with Crippen LogP contribution in [-0.2, 0) is 0 Å². The zero-order chi connectivity index (χ0) is 34.2. The molecule has 0 unspecified atom stereocenters. The lowest BCUT2D eigenvalue weighted by molar-refractivity contribution is 0.669. The van der Waals surface area contributed by atoms with Crippen LogP contribution in [0.5, 0.6) is 0 Å². The van der Waals surface area contributed by atoms with Gasteiger partial charge in [0, 0.05) is 27.3 Å². The van der Waals surface area contributed by atoms with E-state index in [1.807, 2.05) is 30.3 Å². The Hall–Kier alpha value is -7.04. The highest BCUT2D eigenvalue weighted by atomic mass is 16.3. The van der Waals surface area contributed by atoms with Gasteiger partial charge in [0.25, 0.3) is 0 Å². The minimum atomic E-state index is 0.619. The first-order valence-corrected chi connectivity index (χ1v) is 17.6. The number of furan rings is 1. The summed E-state index contributed by atoms with van der Waals surface area (Å²) in [5.41, 5.74) is 9.58. The molecule has 0 saturated carbocycles. The highest BCUT2D eigenvalue weighted by Crippen LogP contribution is 2.43. The van der Waals surface area contributed by atoms with Crippen molar-refractivity contribution in [3.8, 4) is 39.6 Å². The van der Waals surface area contributed by atoms with E-state index in [-0.39, 0.29) is 0 Å². The minimum absolute atomic E-state index is 0.619. The van der Waals surface area contributed by atoms with Gasteiger partial charge in [-0.05, 0) is 70.1 Å². The summed E-state index contributed by atoms with van der Waals surface area (Å²) in [6.07, 6.45) is 0. The molecular formula is C48H29N3O. The second-order valence-electron chi connectivity index (χ2n) is 13.4. The van der Waals surface area contributed by atoms with E-state index in [4.69, 9.17) is 14.4 Å². The molecule has 0 bridgehead atoms. The fraction of sp³-hybridized carbons (Fsp3) is 0. The average Bonchev–Trinajstić information content (AvgIpc) is 3.76. The van der Waals surface area contributed by atoms with Gasteiger partial charge in [-0.1, -0.05) is 127 Å². The quantitative estimate of drug-likeness (QED) is 0.188. The summed E-state index contributed by atoms with van der Waals surface area (Å²) in [4.78, 5) is 10.5. The highest BCUT2D eigenvalue weighted by Gasteiger charge is 2.22. The van der Waals surface area contributed by atoms with Crippen LogP contribution in [0.2, 0.25) is 0 Å². The Morgan fingerprint density at radius 3 is 1.90 bits per heavy atom. The number of nitrogens with zero attached hydrogens (tertiary/aromatic N) is 3. The van der Waals surface area contributed by atoms with E-state index in [1.54, 1.807) is 0 Å². The van der Waals surface area contributed by atoms with Gasteiger partial charge in [0.05, 0.1) is 39.1 Å². The predicted octanol–water partition coefficient (Wildman–Crippen LogP) is 12.8. The van der Waals surface area contributed by atoms with Crippen LogP contribution in [-0.4, -0.2) is 14.5 Å². The molecule has 0 aliphatic rings. The lowest BCUT2D eigenvalue weighted by Crippen LogP contribution is -1.99. The zero-order valence-corrected chi connectivity index (χ0v) is 28.0. The topological polar surface area (TPSA) is 43.9 Å². The summed E-state index contributed by atoms with van der Waals surface area (Å²) >= 11 is 0. The Morgan fingerprint density at radius 2 is 1.08 bits per heavy atom. The molecule has 11 rings (SSSR count). The molecule has 3 heterocycles. The molecule has 4 nitrogen and oxygen atoms in total. The van der Waals surface area contributed by atoms with Gasteiger partial charge in [-0.2, -0.15) is 0 Å². The fourth-order valence-corrected chi connectivity index (χ4v) is 7.91. The zero-order valence-electron chi connectivity index (χ0n) is 28.0. The Kier molecular flexibility index (Phi) is 6.22. The molecule has 242 valence electrons. The van der Waals surface area contributed by atoms with Crippen LogP contribution in [0.3, 0.4) is 0 Å². The Balaban J connectivity index is 1.21. The Morgan fingerprint density at radius 1 is 0.423 bits per heavy atom. The van der Waals surface area contributed by atoms with Gasteiger partial charge >= 0.3 is 0 Å². The third-order valence-electron chi connectivity index (χ3n) is 10.4. The van der Waals surface area contributed by atoms with Crippen LogP contribution in [0.25, 0.3) is 105 Å². The van der Waals surface area contributed by atoms with Crippen LogP contribution < -0.4 is 0 Å². The molecular weight excluding hydrogens is 635 g/mol. The number of rotatable bonds is 4. The molecule has 0 aliphatic heterocycles. The molecule has 0 spiro atoms. The van der Waals surface area contributed by atoms with Gasteiger partial charge in [-0.15, -0.1) is 0 Å². The number of aromatic nitrogens is 3. The van der Waals surface area contributed by atoms with Crippen molar-refractivity contribution in [3.63, 3.8) is 0 Å². The van der Waals surface area contributed by atoms with Crippen LogP contribution in [0, 0.1) is 0 Å². The third kappa shape index (κ3) is 4.41. The first kappa shape index (κ1) is 28.8. The maximum Gasteiger partial charge on any atom is 0.164 e. The molecule has 4 heteroatoms. The van der Waals surface area contributed by atoms with Gasteiger partial charge in [0.1, 0.15) is 11.2 Å². The molecule has 0 N–H and O–H groups in total. The normalized spacial score (nSPS) is 11.8. The Labute approximate surface area is 298 Å². The van der Waals surface area contributed by atoms with Crippen molar-refractivity contribution in [2.45, 2.75) is 0 Å². The van der Waals surface area contributed by atoms with E-state index in [0.717, 1.165) is 66.7 Å². The second kappa shape index (κ2) is 11.2. The summed E-state index contributed by atoms with van der Waals surface area (Å²) in [5.74, 6) is 0.619. The van der Waals surface area contributed by atoms with Crippen LogP contribution in [0.1, 0.15) is 0 Å². The first-order valence-electron chi connectivity index (χ1n) is 17.6. The van der Waals surface area contributed by atoms with E-state index in [2.05, 4.69) is 150 Å². The van der Waals surface area contributed by atoms with Crippen LogP contribution in [0.4, 0.5) is 0 Å². The maximum atomic E-state index is 6.83. The lowest BCUT2D eigenvalue weighted by Gasteiger charge is -2.13. The molecule has 0 radical (unpaired) electrons. The molecule has 52 heavy (non-hydrogen) atoms. The van der Waals surface area contributed by atoms with Gasteiger partial charge in [-0.25, -0.2) is 9.97 Å². The number of hydrogen-bond acceptors (Lipinski definition) is 3. The van der Waals surface area contributed by atoms with Gasteiger partial charge in [-0.3, -0.25) is 0 Å². The van der Waals surface area contributed by atoms with Crippen molar-refractivity contribution in [2.75, 3.05) is 0 Å². The summed E-state index contributed by atoms with van der Waals surface area (Å²) in [7, 11) is 0. The molecule has 0 atom stereocenters. The van der Waals surface area contributed by atoms with E-state index in [1.165, 1.54) is 32.3 Å². The SMILES string of the molecule is c1ccc(-c2cc(-c3ccc4ccccc4c3)nc(-c3ccc(-n4c5ccccc5c5cc6ccccc6cc54)c4c3oc3ccccc34)n2)cc1. The van der Waals surface area contributed by atoms with E-state index < -0.39 is 0 Å². The van der Waals surface area contributed by atoms with E-state index in [0.29, 0.717) is 5.82 Å². The number of benzene rings is 8. The van der Waals surface area contributed by atoms with Crippen LogP contribution >= 0.6 is 0 Å². The molecule has 3 aromatic heterocycles. The molecule has 8 aromatic carbocycles. The number of hydrogen-bond donors (Lipinski definition) is 0. The van der Waals surface area contributed by atoms with Crippen LogP contribution in [0.15, 0.2) is 180 Å². The third-order valence-corrected chi connectivity index (χ3v) is 10.4. The highest BCUT2D eigenvalue weighted by molar-refractivity contribution is 6.18. The lowest BCUT2D eigenvalue weighted by atomic mass is 10.0. The fourth-order valence-electron chi connectivity index (χ4n) is 7.91. The van der Waals surface area contributed by atoms with Gasteiger partial charge in [0.2, 0.25) is 0 Å². The molecule has 0 amide bonds. The average molecular weight is 664 g/mol. The van der Waals surface area contributed by atoms with Crippen molar-refractivity contribution < 1.29 is 4.42 Å². The largest absolute Gasteiger partial charge is 0.455 e. The molecule has 0 aliphatic carbocycles. The van der Waals surface area contributed by atoms with Gasteiger partial charge in [0.15, 0.2) is 5.82 Å². The van der Waals surface area contributed by atoms with Crippen molar-refractivity contribution in [1.82, 2.24) is 14.5 Å². The summed E-state index contributed by atoms with van der Waals surface area (Å²) in [6, 6.07) is 61.9. The molecule has 0 fully saturated rings. The summed E-state index contributed by atoms with van der Waals surface area (Å²) in [6.45, 7) is 0. The van der Waals surface area contributed by atoms with Crippen molar-refractivity contribution in [3.05, 3.63) is 176 Å². The Bertz CT molecular complexity index is 3190. The summed E-state index contributed by atoms with van der Waals surface area (Å²) < 4.78 is 9.22. The van der Waals surface area contributed by atoms with Crippen molar-refractivity contribution in [1.29, 1.82) is 0 Å².